The van der Waals surface area contributed by atoms with Gasteiger partial charge in [0.1, 0.15) is 5.78 Å². The second kappa shape index (κ2) is 10.8. The van der Waals surface area contributed by atoms with Crippen molar-refractivity contribution in [1.29, 1.82) is 0 Å². The molecule has 0 aliphatic carbocycles. The minimum absolute atomic E-state index is 0.0397. The first-order valence-electron chi connectivity index (χ1n) is 7.98. The minimum Gasteiger partial charge on any atom is -0.370 e. The lowest BCUT2D eigenvalue weighted by Gasteiger charge is -2.20. The van der Waals surface area contributed by atoms with Crippen molar-refractivity contribution in [3.05, 3.63) is 12.2 Å². The Hall–Kier alpha value is 0.150. The molecule has 6 atom stereocenters. The van der Waals surface area contributed by atoms with Crippen LogP contribution >= 0.6 is 18.9 Å². The van der Waals surface area contributed by atoms with Crippen LogP contribution in [0.25, 0.3) is 0 Å². The van der Waals surface area contributed by atoms with Crippen molar-refractivity contribution in [3.63, 3.8) is 0 Å². The van der Waals surface area contributed by atoms with Crippen LogP contribution in [0.15, 0.2) is 12.2 Å². The Kier molecular flexibility index (Phi) is 9.95. The van der Waals surface area contributed by atoms with E-state index in [1.807, 2.05) is 6.92 Å². The molecule has 4 nitrogen and oxygen atoms in total. The molecule has 1 fully saturated rings. The Morgan fingerprint density at radius 3 is 2.77 bits per heavy atom. The summed E-state index contributed by atoms with van der Waals surface area (Å²) in [6, 6.07) is 0. The van der Waals surface area contributed by atoms with Gasteiger partial charge in [0, 0.05) is 24.9 Å². The van der Waals surface area contributed by atoms with Crippen LogP contribution in [0, 0.1) is 5.92 Å². The molecule has 128 valence electrons. The van der Waals surface area contributed by atoms with E-state index in [4.69, 9.17) is 13.8 Å². The molecule has 0 amide bonds. The van der Waals surface area contributed by atoms with E-state index < -0.39 is 0 Å². The molecule has 1 rings (SSSR count). The van der Waals surface area contributed by atoms with E-state index in [1.165, 1.54) is 5.57 Å². The molecule has 0 radical (unpaired) electrons. The number of rotatable bonds is 11. The highest BCUT2D eigenvalue weighted by molar-refractivity contribution is 7.10. The SMILES string of the molecule is C=C1C[C@H](CCCOP)O[C@H]1CC[C@H](C[C@@H](C)C(C)=O)OP. The third kappa shape index (κ3) is 7.15. The Labute approximate surface area is 139 Å². The average molecular weight is 348 g/mol. The maximum atomic E-state index is 11.4. The summed E-state index contributed by atoms with van der Waals surface area (Å²) in [5, 5.41) is 0. The average Bonchev–Trinajstić information content (AvgIpc) is 2.83. The van der Waals surface area contributed by atoms with Crippen molar-refractivity contribution in [2.75, 3.05) is 6.61 Å². The van der Waals surface area contributed by atoms with Crippen LogP contribution in [0.4, 0.5) is 0 Å². The van der Waals surface area contributed by atoms with Gasteiger partial charge in [0.2, 0.25) is 0 Å². The molecule has 0 aromatic heterocycles. The van der Waals surface area contributed by atoms with Crippen molar-refractivity contribution >= 4 is 24.7 Å². The zero-order valence-electron chi connectivity index (χ0n) is 13.8. The molecule has 1 saturated heterocycles. The van der Waals surface area contributed by atoms with Gasteiger partial charge in [-0.2, -0.15) is 0 Å². The second-order valence-corrected chi connectivity index (χ2v) is 6.81. The van der Waals surface area contributed by atoms with E-state index >= 15 is 0 Å². The molecular formula is C16H30O4P2. The fourth-order valence-electron chi connectivity index (χ4n) is 2.78. The highest BCUT2D eigenvalue weighted by Gasteiger charge is 2.29. The van der Waals surface area contributed by atoms with Crippen molar-refractivity contribution < 1.29 is 18.6 Å². The zero-order valence-corrected chi connectivity index (χ0v) is 16.1. The molecule has 2 unspecified atom stereocenters. The van der Waals surface area contributed by atoms with Gasteiger partial charge in [-0.15, -0.1) is 0 Å². The molecule has 1 aliphatic heterocycles. The Morgan fingerprint density at radius 1 is 1.45 bits per heavy atom. The van der Waals surface area contributed by atoms with Crippen LogP contribution in [0.2, 0.25) is 0 Å². The van der Waals surface area contributed by atoms with Crippen molar-refractivity contribution in [3.8, 4) is 0 Å². The lowest BCUT2D eigenvalue weighted by Crippen LogP contribution is -2.20. The zero-order chi connectivity index (χ0) is 16.5. The summed E-state index contributed by atoms with van der Waals surface area (Å²) in [6.45, 7) is 8.48. The number of ketones is 1. The summed E-state index contributed by atoms with van der Waals surface area (Å²) >= 11 is 0. The molecule has 1 heterocycles. The van der Waals surface area contributed by atoms with E-state index in [0.29, 0.717) is 0 Å². The maximum absolute atomic E-state index is 11.4. The predicted octanol–water partition coefficient (Wildman–Crippen LogP) is 3.86. The number of ether oxygens (including phenoxy) is 1. The standard InChI is InChI=1S/C16H30O4P2/c1-11(13(3)17)9-15(20-22)6-7-16-12(2)10-14(19-16)5-4-8-18-21/h11,14-16H,2,4-10,21-22H2,1,3H3/t11-,14+,15-,16+/m1/s1. The largest absolute Gasteiger partial charge is 0.370 e. The molecule has 0 aromatic carbocycles. The fraction of sp³-hybridized carbons (Fsp3) is 0.812. The molecule has 0 aromatic rings. The molecule has 22 heavy (non-hydrogen) atoms. The van der Waals surface area contributed by atoms with Crippen LogP contribution in [-0.4, -0.2) is 30.7 Å². The molecule has 0 saturated carbocycles. The van der Waals surface area contributed by atoms with Crippen molar-refractivity contribution in [2.45, 2.75) is 70.7 Å². The van der Waals surface area contributed by atoms with Gasteiger partial charge in [-0.1, -0.05) is 13.5 Å². The first kappa shape index (κ1) is 20.2. The van der Waals surface area contributed by atoms with Crippen LogP contribution in [0.5, 0.6) is 0 Å². The van der Waals surface area contributed by atoms with Crippen LogP contribution < -0.4 is 0 Å². The van der Waals surface area contributed by atoms with Gasteiger partial charge in [0.25, 0.3) is 0 Å². The highest BCUT2D eigenvalue weighted by atomic mass is 31.0. The first-order chi connectivity index (χ1) is 10.5. The predicted molar refractivity (Wildman–Crippen MR) is 95.6 cm³/mol. The van der Waals surface area contributed by atoms with Gasteiger partial charge in [0.15, 0.2) is 0 Å². The minimum atomic E-state index is 0.0397. The number of Topliss-reactive ketones (excluding diaryl/α,β-unsaturated/α-hetero) is 1. The summed E-state index contributed by atoms with van der Waals surface area (Å²) in [5.41, 5.74) is 1.18. The topological polar surface area (TPSA) is 44.8 Å². The third-order valence-electron chi connectivity index (χ3n) is 4.34. The Morgan fingerprint density at radius 2 is 2.18 bits per heavy atom. The summed E-state index contributed by atoms with van der Waals surface area (Å²) < 4.78 is 16.5. The van der Waals surface area contributed by atoms with E-state index in [1.54, 1.807) is 6.92 Å². The van der Waals surface area contributed by atoms with Gasteiger partial charge in [-0.05, 0) is 51.0 Å². The van der Waals surface area contributed by atoms with E-state index in [9.17, 15) is 4.79 Å². The maximum Gasteiger partial charge on any atom is 0.132 e. The smallest absolute Gasteiger partial charge is 0.132 e. The van der Waals surface area contributed by atoms with Gasteiger partial charge in [-0.3, -0.25) is 4.79 Å². The fourth-order valence-corrected chi connectivity index (χ4v) is 3.19. The number of hydrogen-bond donors (Lipinski definition) is 0. The van der Waals surface area contributed by atoms with Crippen molar-refractivity contribution in [2.24, 2.45) is 5.92 Å². The molecule has 0 N–H and O–H groups in total. The lowest BCUT2D eigenvalue weighted by atomic mass is 9.95. The summed E-state index contributed by atoms with van der Waals surface area (Å²) in [5.74, 6) is 0.253. The lowest BCUT2D eigenvalue weighted by molar-refractivity contribution is -0.121. The van der Waals surface area contributed by atoms with Gasteiger partial charge >= 0.3 is 0 Å². The quantitative estimate of drug-likeness (QED) is 0.323. The van der Waals surface area contributed by atoms with E-state index in [2.05, 4.69) is 25.5 Å². The van der Waals surface area contributed by atoms with Crippen molar-refractivity contribution in [1.82, 2.24) is 0 Å². The van der Waals surface area contributed by atoms with E-state index in [-0.39, 0.29) is 30.0 Å². The molecular weight excluding hydrogens is 318 g/mol. The molecule has 0 bridgehead atoms. The molecule has 6 heteroatoms. The van der Waals surface area contributed by atoms with Crippen LogP contribution in [-0.2, 0) is 18.6 Å². The third-order valence-corrected chi connectivity index (χ3v) is 4.96. The summed E-state index contributed by atoms with van der Waals surface area (Å²) in [7, 11) is 4.60. The monoisotopic (exact) mass is 348 g/mol. The highest BCUT2D eigenvalue weighted by Crippen LogP contribution is 2.31. The van der Waals surface area contributed by atoms with Crippen LogP contribution in [0.3, 0.4) is 0 Å². The summed E-state index contributed by atoms with van der Waals surface area (Å²) in [4.78, 5) is 11.4. The second-order valence-electron chi connectivity index (χ2n) is 6.20. The number of hydrogen-bond acceptors (Lipinski definition) is 4. The normalized spacial score (nSPS) is 24.5. The molecule has 0 spiro atoms. The van der Waals surface area contributed by atoms with Gasteiger partial charge in [-0.25, -0.2) is 0 Å². The molecule has 1 aliphatic rings. The Balaban J connectivity index is 2.33. The number of carbonyl (C=O) groups excluding carboxylic acids is 1. The summed E-state index contributed by atoms with van der Waals surface area (Å²) in [6.07, 6.45) is 5.96. The van der Waals surface area contributed by atoms with Crippen LogP contribution in [0.1, 0.15) is 52.4 Å². The Bertz CT molecular complexity index is 362. The van der Waals surface area contributed by atoms with Gasteiger partial charge < -0.3 is 13.8 Å². The van der Waals surface area contributed by atoms with E-state index in [0.717, 1.165) is 45.1 Å². The number of carbonyl (C=O) groups is 1. The van der Waals surface area contributed by atoms with Gasteiger partial charge in [0.05, 0.1) is 24.9 Å². The first-order valence-corrected chi connectivity index (χ1v) is 8.93.